The van der Waals surface area contributed by atoms with Gasteiger partial charge in [-0.05, 0) is 40.2 Å². The Morgan fingerprint density at radius 3 is 2.71 bits per heavy atom. The molecule has 6 heteroatoms. The Morgan fingerprint density at radius 1 is 1.41 bits per heavy atom. The molecule has 0 bridgehead atoms. The minimum absolute atomic E-state index is 0.134. The van der Waals surface area contributed by atoms with E-state index in [1.54, 1.807) is 41.3 Å². The average Bonchev–Trinajstić information content (AvgIpc) is 2.67. The lowest BCUT2D eigenvalue weighted by Crippen LogP contribution is -2.18. The first kappa shape index (κ1) is 11.7. The van der Waals surface area contributed by atoms with Crippen molar-refractivity contribution in [1.29, 1.82) is 0 Å². The largest absolute Gasteiger partial charge is 0.399 e. The van der Waals surface area contributed by atoms with Gasteiger partial charge in [-0.3, -0.25) is 9.48 Å². The van der Waals surface area contributed by atoms with Crippen LogP contribution in [0.15, 0.2) is 41.1 Å². The summed E-state index contributed by atoms with van der Waals surface area (Å²) < 4.78 is 2.40. The molecule has 0 saturated heterocycles. The Kier molecular flexibility index (Phi) is 3.43. The Morgan fingerprint density at radius 2 is 2.12 bits per heavy atom. The Labute approximate surface area is 107 Å². The molecule has 0 fully saturated rings. The molecule has 0 aliphatic rings. The quantitative estimate of drug-likeness (QED) is 0.849. The zero-order valence-electron chi connectivity index (χ0n) is 8.93. The molecule has 2 rings (SSSR count). The summed E-state index contributed by atoms with van der Waals surface area (Å²) in [6, 6.07) is 6.98. The molecule has 0 radical (unpaired) electrons. The van der Waals surface area contributed by atoms with Gasteiger partial charge < -0.3 is 11.1 Å². The molecule has 1 amide bonds. The maximum absolute atomic E-state index is 11.7. The summed E-state index contributed by atoms with van der Waals surface area (Å²) in [5.41, 5.74) is 6.94. The van der Waals surface area contributed by atoms with Gasteiger partial charge >= 0.3 is 0 Å². The lowest BCUT2D eigenvalue weighted by atomic mass is 10.3. The summed E-state index contributed by atoms with van der Waals surface area (Å²) in [6.07, 6.45) is 3.37. The molecule has 17 heavy (non-hydrogen) atoms. The van der Waals surface area contributed by atoms with Crippen molar-refractivity contribution in [2.24, 2.45) is 0 Å². The molecule has 3 N–H and O–H groups in total. The van der Waals surface area contributed by atoms with Crippen LogP contribution in [0.4, 0.5) is 11.4 Å². The number of hydrogen-bond donors (Lipinski definition) is 2. The summed E-state index contributed by atoms with van der Waals surface area (Å²) in [5, 5.41) is 6.76. The first-order valence-corrected chi connectivity index (χ1v) is 5.76. The number of nitrogens with two attached hydrogens (primary N) is 1. The highest BCUT2D eigenvalue weighted by molar-refractivity contribution is 9.10. The van der Waals surface area contributed by atoms with Gasteiger partial charge in [0.2, 0.25) is 5.91 Å². The summed E-state index contributed by atoms with van der Waals surface area (Å²) in [4.78, 5) is 11.7. The van der Waals surface area contributed by atoms with Crippen molar-refractivity contribution in [3.8, 4) is 0 Å². The standard InChI is InChI=1S/C11H11BrN4O/c12-8-5-14-16(6-8)7-11(17)15-10-3-1-9(13)2-4-10/h1-6H,7,13H2,(H,15,17). The van der Waals surface area contributed by atoms with E-state index in [1.165, 1.54) is 0 Å². The number of hydrogen-bond acceptors (Lipinski definition) is 3. The zero-order chi connectivity index (χ0) is 12.3. The van der Waals surface area contributed by atoms with Crippen LogP contribution in [-0.2, 0) is 11.3 Å². The predicted octanol–water partition coefficient (Wildman–Crippen LogP) is 1.87. The molecular formula is C11H11BrN4O. The van der Waals surface area contributed by atoms with Gasteiger partial charge in [-0.1, -0.05) is 0 Å². The normalized spacial score (nSPS) is 10.2. The lowest BCUT2D eigenvalue weighted by Gasteiger charge is -2.05. The van der Waals surface area contributed by atoms with Crippen LogP contribution < -0.4 is 11.1 Å². The van der Waals surface area contributed by atoms with E-state index in [0.29, 0.717) is 5.69 Å². The van der Waals surface area contributed by atoms with E-state index in [1.807, 2.05) is 0 Å². The van der Waals surface area contributed by atoms with Crippen molar-refractivity contribution in [2.45, 2.75) is 6.54 Å². The van der Waals surface area contributed by atoms with Crippen LogP contribution in [-0.4, -0.2) is 15.7 Å². The number of carbonyl (C=O) groups is 1. The molecule has 5 nitrogen and oxygen atoms in total. The number of aromatic nitrogens is 2. The number of anilines is 2. The number of carbonyl (C=O) groups excluding carboxylic acids is 1. The maximum atomic E-state index is 11.7. The minimum Gasteiger partial charge on any atom is -0.399 e. The molecular weight excluding hydrogens is 284 g/mol. The molecule has 0 atom stereocenters. The van der Waals surface area contributed by atoms with E-state index >= 15 is 0 Å². The molecule has 0 spiro atoms. The van der Waals surface area contributed by atoms with E-state index in [0.717, 1.165) is 10.2 Å². The van der Waals surface area contributed by atoms with Gasteiger partial charge in [0.05, 0.1) is 10.7 Å². The van der Waals surface area contributed by atoms with Crippen LogP contribution >= 0.6 is 15.9 Å². The number of nitrogens with zero attached hydrogens (tertiary/aromatic N) is 2. The molecule has 2 aromatic rings. The fourth-order valence-corrected chi connectivity index (χ4v) is 1.67. The number of halogens is 1. The highest BCUT2D eigenvalue weighted by atomic mass is 79.9. The Bertz CT molecular complexity index is 521. The number of nitrogens with one attached hydrogen (secondary N) is 1. The van der Waals surface area contributed by atoms with Crippen molar-refractivity contribution in [1.82, 2.24) is 9.78 Å². The van der Waals surface area contributed by atoms with Crippen molar-refractivity contribution >= 4 is 33.2 Å². The smallest absolute Gasteiger partial charge is 0.246 e. The van der Waals surface area contributed by atoms with Gasteiger partial charge in [-0.2, -0.15) is 5.10 Å². The highest BCUT2D eigenvalue weighted by Crippen LogP contribution is 2.11. The second kappa shape index (κ2) is 5.01. The van der Waals surface area contributed by atoms with Crippen molar-refractivity contribution in [3.63, 3.8) is 0 Å². The number of rotatable bonds is 3. The number of amides is 1. The SMILES string of the molecule is Nc1ccc(NC(=O)Cn2cc(Br)cn2)cc1. The topological polar surface area (TPSA) is 72.9 Å². The average molecular weight is 295 g/mol. The third-order valence-electron chi connectivity index (χ3n) is 2.10. The zero-order valence-corrected chi connectivity index (χ0v) is 10.5. The molecule has 0 aliphatic heterocycles. The van der Waals surface area contributed by atoms with Crippen LogP contribution in [0.2, 0.25) is 0 Å². The Hall–Kier alpha value is -1.82. The maximum Gasteiger partial charge on any atom is 0.246 e. The van der Waals surface area contributed by atoms with Gasteiger partial charge in [-0.15, -0.1) is 0 Å². The van der Waals surface area contributed by atoms with E-state index in [2.05, 4.69) is 26.3 Å². The summed E-state index contributed by atoms with van der Waals surface area (Å²) >= 11 is 3.27. The van der Waals surface area contributed by atoms with Gasteiger partial charge in [0.1, 0.15) is 6.54 Å². The van der Waals surface area contributed by atoms with Crippen LogP contribution in [0.3, 0.4) is 0 Å². The first-order valence-electron chi connectivity index (χ1n) is 4.97. The van der Waals surface area contributed by atoms with Crippen LogP contribution in [0, 0.1) is 0 Å². The molecule has 0 aliphatic carbocycles. The monoisotopic (exact) mass is 294 g/mol. The van der Waals surface area contributed by atoms with E-state index in [-0.39, 0.29) is 12.5 Å². The van der Waals surface area contributed by atoms with Crippen molar-refractivity contribution < 1.29 is 4.79 Å². The van der Waals surface area contributed by atoms with Gasteiger partial charge in [0.15, 0.2) is 0 Å². The fourth-order valence-electron chi connectivity index (χ4n) is 1.34. The molecule has 1 aromatic heterocycles. The van der Waals surface area contributed by atoms with Crippen LogP contribution in [0.1, 0.15) is 0 Å². The minimum atomic E-state index is -0.134. The molecule has 1 aromatic carbocycles. The Balaban J connectivity index is 1.95. The second-order valence-electron chi connectivity index (χ2n) is 3.53. The van der Waals surface area contributed by atoms with E-state index < -0.39 is 0 Å². The molecule has 1 heterocycles. The summed E-state index contributed by atoms with van der Waals surface area (Å²) in [5.74, 6) is -0.134. The van der Waals surface area contributed by atoms with Gasteiger partial charge in [0, 0.05) is 17.6 Å². The van der Waals surface area contributed by atoms with Gasteiger partial charge in [-0.25, -0.2) is 0 Å². The highest BCUT2D eigenvalue weighted by Gasteiger charge is 2.04. The third kappa shape index (κ3) is 3.32. The van der Waals surface area contributed by atoms with E-state index in [4.69, 9.17) is 5.73 Å². The summed E-state index contributed by atoms with van der Waals surface area (Å²) in [7, 11) is 0. The third-order valence-corrected chi connectivity index (χ3v) is 2.51. The van der Waals surface area contributed by atoms with E-state index in [9.17, 15) is 4.79 Å². The molecule has 0 unspecified atom stereocenters. The van der Waals surface area contributed by atoms with Crippen LogP contribution in [0.25, 0.3) is 0 Å². The van der Waals surface area contributed by atoms with Crippen LogP contribution in [0.5, 0.6) is 0 Å². The first-order chi connectivity index (χ1) is 8.13. The second-order valence-corrected chi connectivity index (χ2v) is 4.44. The fraction of sp³-hybridized carbons (Fsp3) is 0.0909. The number of benzene rings is 1. The van der Waals surface area contributed by atoms with Gasteiger partial charge in [0.25, 0.3) is 0 Å². The molecule has 88 valence electrons. The predicted molar refractivity (Wildman–Crippen MR) is 69.4 cm³/mol. The molecule has 0 saturated carbocycles. The van der Waals surface area contributed by atoms with Crippen molar-refractivity contribution in [3.05, 3.63) is 41.1 Å². The lowest BCUT2D eigenvalue weighted by molar-refractivity contribution is -0.116. The van der Waals surface area contributed by atoms with Crippen molar-refractivity contribution in [2.75, 3.05) is 11.1 Å². The number of nitrogen functional groups attached to an aromatic ring is 1. The summed E-state index contributed by atoms with van der Waals surface area (Å²) in [6.45, 7) is 0.177.